The van der Waals surface area contributed by atoms with Crippen LogP contribution in [0.15, 0.2) is 24.3 Å². The molecule has 0 radical (unpaired) electrons. The van der Waals surface area contributed by atoms with Gasteiger partial charge in [-0.15, -0.1) is 21.5 Å². The second kappa shape index (κ2) is 5.88. The van der Waals surface area contributed by atoms with Crippen LogP contribution in [0.1, 0.15) is 34.1 Å². The number of rotatable bonds is 4. The highest BCUT2D eigenvalue weighted by atomic mass is 32.1. The molecule has 0 amide bonds. The molecule has 108 valence electrons. The van der Waals surface area contributed by atoms with Crippen LogP contribution in [-0.2, 0) is 12.7 Å². The highest BCUT2D eigenvalue weighted by Crippen LogP contribution is 2.34. The van der Waals surface area contributed by atoms with Gasteiger partial charge in [0, 0.05) is 6.04 Å². The van der Waals surface area contributed by atoms with Gasteiger partial charge in [-0.05, 0) is 25.5 Å². The van der Waals surface area contributed by atoms with Crippen molar-refractivity contribution in [2.45, 2.75) is 32.6 Å². The van der Waals surface area contributed by atoms with Gasteiger partial charge in [0.2, 0.25) is 0 Å². The molecule has 20 heavy (non-hydrogen) atoms. The van der Waals surface area contributed by atoms with E-state index in [0.29, 0.717) is 6.54 Å². The third kappa shape index (κ3) is 3.55. The van der Waals surface area contributed by atoms with Gasteiger partial charge >= 0.3 is 6.18 Å². The van der Waals surface area contributed by atoms with E-state index in [1.807, 2.05) is 6.92 Å². The first-order valence-corrected chi connectivity index (χ1v) is 6.88. The van der Waals surface area contributed by atoms with Crippen molar-refractivity contribution in [2.75, 3.05) is 0 Å². The van der Waals surface area contributed by atoms with E-state index < -0.39 is 17.8 Å². The van der Waals surface area contributed by atoms with E-state index in [1.54, 1.807) is 13.0 Å². The molecule has 0 aliphatic heterocycles. The fraction of sp³-hybridized carbons (Fsp3) is 0.385. The van der Waals surface area contributed by atoms with Crippen molar-refractivity contribution >= 4 is 11.3 Å². The highest BCUT2D eigenvalue weighted by molar-refractivity contribution is 7.11. The molecule has 0 unspecified atom stereocenters. The van der Waals surface area contributed by atoms with Gasteiger partial charge in [-0.25, -0.2) is 0 Å². The minimum atomic E-state index is -4.34. The van der Waals surface area contributed by atoms with Gasteiger partial charge in [0.1, 0.15) is 10.0 Å². The number of hydrogen-bond donors (Lipinski definition) is 1. The number of nitrogens with one attached hydrogen (secondary N) is 1. The molecule has 1 atom stereocenters. The van der Waals surface area contributed by atoms with E-state index in [2.05, 4.69) is 15.5 Å². The van der Waals surface area contributed by atoms with Gasteiger partial charge in [-0.2, -0.15) is 13.2 Å². The zero-order valence-corrected chi connectivity index (χ0v) is 11.8. The summed E-state index contributed by atoms with van der Waals surface area (Å²) < 4.78 is 38.8. The van der Waals surface area contributed by atoms with Crippen LogP contribution in [0.4, 0.5) is 13.2 Å². The van der Waals surface area contributed by atoms with Crippen molar-refractivity contribution in [2.24, 2.45) is 0 Å². The highest BCUT2D eigenvalue weighted by Gasteiger charge is 2.34. The van der Waals surface area contributed by atoms with Gasteiger partial charge in [0.25, 0.3) is 0 Å². The molecule has 2 rings (SSSR count). The number of halogens is 3. The van der Waals surface area contributed by atoms with Crippen LogP contribution in [0.2, 0.25) is 0 Å². The van der Waals surface area contributed by atoms with Gasteiger partial charge in [0.05, 0.1) is 12.1 Å². The summed E-state index contributed by atoms with van der Waals surface area (Å²) in [6.07, 6.45) is -4.34. The Kier molecular flexibility index (Phi) is 4.39. The largest absolute Gasteiger partial charge is 0.416 e. The van der Waals surface area contributed by atoms with Gasteiger partial charge < -0.3 is 5.32 Å². The van der Waals surface area contributed by atoms with Crippen molar-refractivity contribution in [3.8, 4) is 0 Å². The number of nitrogens with zero attached hydrogens (tertiary/aromatic N) is 2. The Morgan fingerprint density at radius 3 is 2.55 bits per heavy atom. The van der Waals surface area contributed by atoms with Crippen molar-refractivity contribution in [3.05, 3.63) is 45.4 Å². The molecule has 1 aromatic heterocycles. The molecular weight excluding hydrogens is 287 g/mol. The third-order valence-electron chi connectivity index (χ3n) is 2.86. The Morgan fingerprint density at radius 2 is 1.95 bits per heavy atom. The van der Waals surface area contributed by atoms with Gasteiger partial charge in [-0.1, -0.05) is 18.2 Å². The summed E-state index contributed by atoms with van der Waals surface area (Å²) in [7, 11) is 0. The molecule has 0 saturated heterocycles. The fourth-order valence-electron chi connectivity index (χ4n) is 1.89. The van der Waals surface area contributed by atoms with Crippen molar-refractivity contribution in [3.63, 3.8) is 0 Å². The summed E-state index contributed by atoms with van der Waals surface area (Å²) in [6.45, 7) is 3.95. The number of benzene rings is 1. The maximum Gasteiger partial charge on any atom is 0.416 e. The van der Waals surface area contributed by atoms with E-state index in [9.17, 15) is 13.2 Å². The Morgan fingerprint density at radius 1 is 1.25 bits per heavy atom. The zero-order valence-electron chi connectivity index (χ0n) is 11.0. The molecule has 7 heteroatoms. The summed E-state index contributed by atoms with van der Waals surface area (Å²) in [5.41, 5.74) is -0.366. The normalized spacial score (nSPS) is 13.4. The van der Waals surface area contributed by atoms with E-state index >= 15 is 0 Å². The summed E-state index contributed by atoms with van der Waals surface area (Å²) in [4.78, 5) is 0. The van der Waals surface area contributed by atoms with Crippen LogP contribution in [-0.4, -0.2) is 10.2 Å². The van der Waals surface area contributed by atoms with E-state index in [4.69, 9.17) is 0 Å². The smallest absolute Gasteiger partial charge is 0.304 e. The lowest BCUT2D eigenvalue weighted by molar-refractivity contribution is -0.138. The molecule has 0 bridgehead atoms. The first-order chi connectivity index (χ1) is 9.38. The lowest BCUT2D eigenvalue weighted by Crippen LogP contribution is -2.21. The third-order valence-corrected chi connectivity index (χ3v) is 3.70. The lowest BCUT2D eigenvalue weighted by Gasteiger charge is -2.18. The minimum absolute atomic E-state index is 0.237. The Labute approximate surface area is 118 Å². The molecule has 3 nitrogen and oxygen atoms in total. The molecule has 0 spiro atoms. The number of aryl methyl sites for hydroxylation is 1. The second-order valence-electron chi connectivity index (χ2n) is 4.40. The number of alkyl halides is 3. The van der Waals surface area contributed by atoms with Crippen molar-refractivity contribution in [1.29, 1.82) is 0 Å². The van der Waals surface area contributed by atoms with Crippen LogP contribution in [0.5, 0.6) is 0 Å². The average Bonchev–Trinajstić information content (AvgIpc) is 2.81. The standard InChI is InChI=1S/C13H14F3N3S/c1-8(17-7-12-19-18-9(2)20-12)10-5-3-4-6-11(10)13(14,15)16/h3-6,8,17H,7H2,1-2H3/t8-/m1/s1. The van der Waals surface area contributed by atoms with Crippen LogP contribution in [0.3, 0.4) is 0 Å². The van der Waals surface area contributed by atoms with Gasteiger partial charge in [-0.3, -0.25) is 0 Å². The molecule has 0 saturated carbocycles. The van der Waals surface area contributed by atoms with Crippen LogP contribution < -0.4 is 5.32 Å². The Balaban J connectivity index is 2.11. The molecule has 0 aliphatic rings. The minimum Gasteiger partial charge on any atom is -0.304 e. The Hall–Kier alpha value is -1.47. The van der Waals surface area contributed by atoms with E-state index in [0.717, 1.165) is 16.1 Å². The molecule has 2 aromatic rings. The first-order valence-electron chi connectivity index (χ1n) is 6.06. The average molecular weight is 301 g/mol. The molecular formula is C13H14F3N3S. The van der Waals surface area contributed by atoms with Crippen molar-refractivity contribution < 1.29 is 13.2 Å². The summed E-state index contributed by atoms with van der Waals surface area (Å²) in [5, 5.41) is 12.5. The molecule has 0 aliphatic carbocycles. The lowest BCUT2D eigenvalue weighted by atomic mass is 10.0. The SMILES string of the molecule is Cc1nnc(CN[C@H](C)c2ccccc2C(F)(F)F)s1. The molecule has 0 fully saturated rings. The molecule has 1 N–H and O–H groups in total. The van der Waals surface area contributed by atoms with E-state index in [1.165, 1.54) is 23.5 Å². The fourth-order valence-corrected chi connectivity index (χ4v) is 2.55. The first kappa shape index (κ1) is 14.9. The summed E-state index contributed by atoms with van der Waals surface area (Å²) in [6, 6.07) is 5.18. The summed E-state index contributed by atoms with van der Waals surface area (Å²) in [5.74, 6) is 0. The second-order valence-corrected chi connectivity index (χ2v) is 5.67. The monoisotopic (exact) mass is 301 g/mol. The topological polar surface area (TPSA) is 37.8 Å². The molecule has 1 aromatic carbocycles. The number of hydrogen-bond acceptors (Lipinski definition) is 4. The van der Waals surface area contributed by atoms with Gasteiger partial charge in [0.15, 0.2) is 0 Å². The van der Waals surface area contributed by atoms with Crippen LogP contribution in [0.25, 0.3) is 0 Å². The van der Waals surface area contributed by atoms with Crippen LogP contribution in [0, 0.1) is 6.92 Å². The predicted octanol–water partition coefficient (Wildman–Crippen LogP) is 3.72. The maximum absolute atomic E-state index is 12.9. The van der Waals surface area contributed by atoms with Crippen LogP contribution >= 0.6 is 11.3 Å². The summed E-state index contributed by atoms with van der Waals surface area (Å²) >= 11 is 1.43. The zero-order chi connectivity index (χ0) is 14.8. The molecule has 1 heterocycles. The maximum atomic E-state index is 12.9. The Bertz CT molecular complexity index is 580. The van der Waals surface area contributed by atoms with Crippen molar-refractivity contribution in [1.82, 2.24) is 15.5 Å². The van der Waals surface area contributed by atoms with E-state index in [-0.39, 0.29) is 5.56 Å². The number of aromatic nitrogens is 2. The quantitative estimate of drug-likeness (QED) is 0.935. The predicted molar refractivity (Wildman–Crippen MR) is 71.3 cm³/mol.